The monoisotopic (exact) mass is 227 g/mol. The van der Waals surface area contributed by atoms with Gasteiger partial charge in [0.15, 0.2) is 0 Å². The van der Waals surface area contributed by atoms with Crippen molar-refractivity contribution in [1.29, 1.82) is 0 Å². The van der Waals surface area contributed by atoms with Crippen molar-refractivity contribution in [3.63, 3.8) is 0 Å². The molecular weight excluding hydrogens is 202 g/mol. The van der Waals surface area contributed by atoms with Crippen molar-refractivity contribution in [2.24, 2.45) is 5.92 Å². The maximum absolute atomic E-state index is 10.3. The van der Waals surface area contributed by atoms with Crippen molar-refractivity contribution in [2.75, 3.05) is 26.3 Å². The van der Waals surface area contributed by atoms with Crippen LogP contribution in [0, 0.1) is 5.92 Å². The van der Waals surface area contributed by atoms with E-state index in [1.165, 1.54) is 32.1 Å². The highest BCUT2D eigenvalue weighted by Crippen LogP contribution is 2.27. The van der Waals surface area contributed by atoms with Crippen LogP contribution in [-0.4, -0.2) is 48.5 Å². The Morgan fingerprint density at radius 2 is 2.06 bits per heavy atom. The van der Waals surface area contributed by atoms with E-state index in [-0.39, 0.29) is 6.10 Å². The molecule has 16 heavy (non-hydrogen) atoms. The Kier molecular flexibility index (Phi) is 4.62. The average Bonchev–Trinajstić information content (AvgIpc) is 2.33. The number of ether oxygens (including phenoxy) is 1. The van der Waals surface area contributed by atoms with E-state index >= 15 is 0 Å². The second-order valence-corrected chi connectivity index (χ2v) is 5.38. The maximum atomic E-state index is 10.3. The van der Waals surface area contributed by atoms with Gasteiger partial charge in [0.2, 0.25) is 0 Å². The molecule has 1 aliphatic carbocycles. The summed E-state index contributed by atoms with van der Waals surface area (Å²) >= 11 is 0. The Labute approximate surface area is 98.8 Å². The minimum absolute atomic E-state index is 0.124. The van der Waals surface area contributed by atoms with Gasteiger partial charge in [0.25, 0.3) is 0 Å². The summed E-state index contributed by atoms with van der Waals surface area (Å²) in [6, 6.07) is 0.465. The van der Waals surface area contributed by atoms with Gasteiger partial charge in [-0.3, -0.25) is 4.90 Å². The molecule has 1 aliphatic heterocycles. The molecule has 0 radical (unpaired) electrons. The average molecular weight is 227 g/mol. The maximum Gasteiger partial charge on any atom is 0.0695 e. The zero-order valence-corrected chi connectivity index (χ0v) is 10.4. The normalized spacial score (nSPS) is 31.5. The second-order valence-electron chi connectivity index (χ2n) is 5.38. The fourth-order valence-electron chi connectivity index (χ4n) is 2.94. The Bertz CT molecular complexity index is 204. The summed E-state index contributed by atoms with van der Waals surface area (Å²) in [4.78, 5) is 2.38. The zero-order chi connectivity index (χ0) is 11.4. The molecule has 0 amide bonds. The second kappa shape index (κ2) is 5.99. The molecule has 0 aromatic rings. The van der Waals surface area contributed by atoms with Crippen LogP contribution in [-0.2, 0) is 4.74 Å². The highest BCUT2D eigenvalue weighted by Gasteiger charge is 2.26. The molecule has 1 saturated heterocycles. The number of nitrogens with zero attached hydrogens (tertiary/aromatic N) is 1. The van der Waals surface area contributed by atoms with E-state index in [0.717, 1.165) is 26.3 Å². The fraction of sp³-hybridized carbons (Fsp3) is 1.00. The minimum Gasteiger partial charge on any atom is -0.392 e. The first-order valence-electron chi connectivity index (χ1n) is 6.77. The predicted molar refractivity (Wildman–Crippen MR) is 64.4 cm³/mol. The van der Waals surface area contributed by atoms with Crippen LogP contribution < -0.4 is 0 Å². The summed E-state index contributed by atoms with van der Waals surface area (Å²) in [6.07, 6.45) is 6.29. The van der Waals surface area contributed by atoms with Crippen LogP contribution >= 0.6 is 0 Å². The third kappa shape index (κ3) is 3.19. The Morgan fingerprint density at radius 3 is 2.75 bits per heavy atom. The number of hydrogen-bond donors (Lipinski definition) is 1. The molecule has 0 aromatic heterocycles. The van der Waals surface area contributed by atoms with Crippen LogP contribution in [0.15, 0.2) is 0 Å². The third-order valence-electron chi connectivity index (χ3n) is 4.12. The first-order chi connectivity index (χ1) is 7.77. The van der Waals surface area contributed by atoms with Gasteiger partial charge in [0, 0.05) is 19.1 Å². The molecule has 2 rings (SSSR count). The first-order valence-corrected chi connectivity index (χ1v) is 6.77. The lowest BCUT2D eigenvalue weighted by Crippen LogP contribution is -2.48. The SMILES string of the molecule is CC1COCCN1CC(O)C1CCCCC1. The predicted octanol–water partition coefficient (Wildman–Crippen LogP) is 1.65. The summed E-state index contributed by atoms with van der Waals surface area (Å²) in [5, 5.41) is 10.3. The molecule has 94 valence electrons. The first kappa shape index (κ1) is 12.3. The topological polar surface area (TPSA) is 32.7 Å². The van der Waals surface area contributed by atoms with Gasteiger partial charge in [-0.05, 0) is 25.7 Å². The van der Waals surface area contributed by atoms with E-state index in [1.54, 1.807) is 0 Å². The summed E-state index contributed by atoms with van der Waals surface area (Å²) in [5.74, 6) is 0.545. The number of aliphatic hydroxyl groups excluding tert-OH is 1. The molecule has 0 spiro atoms. The van der Waals surface area contributed by atoms with Crippen LogP contribution in [0.5, 0.6) is 0 Å². The quantitative estimate of drug-likeness (QED) is 0.795. The van der Waals surface area contributed by atoms with Crippen LogP contribution in [0.3, 0.4) is 0 Å². The third-order valence-corrected chi connectivity index (χ3v) is 4.12. The Hall–Kier alpha value is -0.120. The van der Waals surface area contributed by atoms with Gasteiger partial charge in [-0.2, -0.15) is 0 Å². The van der Waals surface area contributed by atoms with Crippen molar-refractivity contribution in [3.05, 3.63) is 0 Å². The van der Waals surface area contributed by atoms with Gasteiger partial charge in [-0.1, -0.05) is 19.3 Å². The number of aliphatic hydroxyl groups is 1. The number of hydrogen-bond acceptors (Lipinski definition) is 3. The number of β-amino-alcohol motifs (C(OH)–C–C–N with tert-alkyl or cyclic N) is 1. The molecule has 2 aliphatic rings. The van der Waals surface area contributed by atoms with Crippen molar-refractivity contribution >= 4 is 0 Å². The molecule has 3 nitrogen and oxygen atoms in total. The summed E-state index contributed by atoms with van der Waals surface area (Å²) < 4.78 is 5.42. The van der Waals surface area contributed by atoms with Gasteiger partial charge >= 0.3 is 0 Å². The van der Waals surface area contributed by atoms with E-state index in [9.17, 15) is 5.11 Å². The largest absolute Gasteiger partial charge is 0.392 e. The standard InChI is InChI=1S/C13H25NO2/c1-11-10-16-8-7-14(11)9-13(15)12-5-3-2-4-6-12/h11-13,15H,2-10H2,1H3. The van der Waals surface area contributed by atoms with Crippen molar-refractivity contribution in [2.45, 2.75) is 51.2 Å². The van der Waals surface area contributed by atoms with Crippen LogP contribution in [0.25, 0.3) is 0 Å². The van der Waals surface area contributed by atoms with E-state index in [1.807, 2.05) is 0 Å². The molecule has 0 aromatic carbocycles. The number of morpholine rings is 1. The summed E-state index contributed by atoms with van der Waals surface area (Å²) in [7, 11) is 0. The van der Waals surface area contributed by atoms with E-state index in [0.29, 0.717) is 12.0 Å². The van der Waals surface area contributed by atoms with Crippen molar-refractivity contribution < 1.29 is 9.84 Å². The highest BCUT2D eigenvalue weighted by molar-refractivity contribution is 4.79. The van der Waals surface area contributed by atoms with Gasteiger partial charge in [-0.15, -0.1) is 0 Å². The van der Waals surface area contributed by atoms with Gasteiger partial charge in [0.1, 0.15) is 0 Å². The van der Waals surface area contributed by atoms with Crippen LogP contribution in [0.1, 0.15) is 39.0 Å². The Morgan fingerprint density at radius 1 is 1.31 bits per heavy atom. The molecule has 1 saturated carbocycles. The van der Waals surface area contributed by atoms with E-state index < -0.39 is 0 Å². The molecular formula is C13H25NO2. The molecule has 3 heteroatoms. The van der Waals surface area contributed by atoms with Gasteiger partial charge in [0.05, 0.1) is 19.3 Å². The fourth-order valence-corrected chi connectivity index (χ4v) is 2.94. The summed E-state index contributed by atoms with van der Waals surface area (Å²) in [6.45, 7) is 5.64. The smallest absolute Gasteiger partial charge is 0.0695 e. The van der Waals surface area contributed by atoms with Crippen molar-refractivity contribution in [1.82, 2.24) is 4.90 Å². The van der Waals surface area contributed by atoms with Crippen LogP contribution in [0.4, 0.5) is 0 Å². The molecule has 0 bridgehead atoms. The molecule has 2 atom stereocenters. The highest BCUT2D eigenvalue weighted by atomic mass is 16.5. The minimum atomic E-state index is -0.124. The zero-order valence-electron chi connectivity index (χ0n) is 10.4. The number of rotatable bonds is 3. The molecule has 1 heterocycles. The summed E-state index contributed by atoms with van der Waals surface area (Å²) in [5.41, 5.74) is 0. The lowest BCUT2D eigenvalue weighted by atomic mass is 9.85. The Balaban J connectivity index is 1.78. The van der Waals surface area contributed by atoms with E-state index in [2.05, 4.69) is 11.8 Å². The lowest BCUT2D eigenvalue weighted by Gasteiger charge is -2.37. The van der Waals surface area contributed by atoms with E-state index in [4.69, 9.17) is 4.74 Å². The molecule has 2 fully saturated rings. The molecule has 1 N–H and O–H groups in total. The van der Waals surface area contributed by atoms with Crippen LogP contribution in [0.2, 0.25) is 0 Å². The van der Waals surface area contributed by atoms with Crippen molar-refractivity contribution in [3.8, 4) is 0 Å². The van der Waals surface area contributed by atoms with Gasteiger partial charge in [-0.25, -0.2) is 0 Å². The lowest BCUT2D eigenvalue weighted by molar-refractivity contribution is -0.0333. The molecule has 2 unspecified atom stereocenters. The van der Waals surface area contributed by atoms with Gasteiger partial charge < -0.3 is 9.84 Å².